The van der Waals surface area contributed by atoms with Crippen LogP contribution in [0.25, 0.3) is 22.8 Å². The molecule has 8 heteroatoms. The summed E-state index contributed by atoms with van der Waals surface area (Å²) >= 11 is 6.41. The molecule has 1 amide bonds. The third-order valence-electron chi connectivity index (χ3n) is 6.00. The average Bonchev–Trinajstić information content (AvgIpc) is 3.25. The maximum Gasteiger partial charge on any atom is 0.348 e. The van der Waals surface area contributed by atoms with Gasteiger partial charge in [-0.1, -0.05) is 49.7 Å². The van der Waals surface area contributed by atoms with Gasteiger partial charge >= 0.3 is 5.69 Å². The van der Waals surface area contributed by atoms with Crippen molar-refractivity contribution in [3.8, 4) is 22.8 Å². The van der Waals surface area contributed by atoms with Gasteiger partial charge in [0.1, 0.15) is 5.82 Å². The number of aromatic nitrogens is 3. The van der Waals surface area contributed by atoms with E-state index in [1.165, 1.54) is 0 Å². The van der Waals surface area contributed by atoms with E-state index in [-0.39, 0.29) is 25.2 Å². The molecule has 0 atom stereocenters. The van der Waals surface area contributed by atoms with Crippen molar-refractivity contribution in [1.82, 2.24) is 20.3 Å². The van der Waals surface area contributed by atoms with E-state index >= 15 is 0 Å². The quantitative estimate of drug-likeness (QED) is 0.522. The van der Waals surface area contributed by atoms with E-state index in [4.69, 9.17) is 11.6 Å². The normalized spacial score (nSPS) is 15.1. The number of nitrogens with one attached hydrogen (secondary N) is 2. The van der Waals surface area contributed by atoms with E-state index in [0.717, 1.165) is 24.0 Å². The number of benzene rings is 2. The van der Waals surface area contributed by atoms with Crippen molar-refractivity contribution in [2.75, 3.05) is 0 Å². The number of aromatic amines is 1. The minimum absolute atomic E-state index is 0.146. The molecule has 0 aliphatic heterocycles. The summed E-state index contributed by atoms with van der Waals surface area (Å²) in [5.74, 6) is 0.308. The lowest BCUT2D eigenvalue weighted by atomic mass is 10.0. The molecule has 1 fully saturated rings. The molecular formula is C25H26ClFN4O2. The number of halogens is 2. The van der Waals surface area contributed by atoms with Gasteiger partial charge in [-0.15, -0.1) is 0 Å². The molecule has 1 aliphatic carbocycles. The van der Waals surface area contributed by atoms with Crippen LogP contribution in [-0.2, 0) is 11.3 Å². The minimum Gasteiger partial charge on any atom is -0.349 e. The fraction of sp³-hybridized carbons (Fsp3) is 0.360. The summed E-state index contributed by atoms with van der Waals surface area (Å²) in [5, 5.41) is 3.07. The molecular weight excluding hydrogens is 443 g/mol. The van der Waals surface area contributed by atoms with Crippen LogP contribution in [0.3, 0.4) is 0 Å². The molecule has 0 spiro atoms. The van der Waals surface area contributed by atoms with Gasteiger partial charge in [0.15, 0.2) is 11.5 Å². The molecule has 172 valence electrons. The Kier molecular flexibility index (Phi) is 6.61. The smallest absolute Gasteiger partial charge is 0.348 e. The van der Waals surface area contributed by atoms with E-state index in [1.54, 1.807) is 18.2 Å². The second-order valence-electron chi connectivity index (χ2n) is 8.78. The number of nitrogens with zero attached hydrogens (tertiary/aromatic N) is 2. The third-order valence-corrected chi connectivity index (χ3v) is 6.33. The van der Waals surface area contributed by atoms with Crippen LogP contribution in [0.15, 0.2) is 47.3 Å². The van der Waals surface area contributed by atoms with Crippen molar-refractivity contribution in [1.29, 1.82) is 0 Å². The number of hydrogen-bond donors (Lipinski definition) is 2. The number of carbonyl (C=O) groups is 1. The fourth-order valence-electron chi connectivity index (χ4n) is 4.04. The number of alkyl halides is 1. The van der Waals surface area contributed by atoms with Gasteiger partial charge in [-0.25, -0.2) is 14.2 Å². The molecule has 33 heavy (non-hydrogen) atoms. The van der Waals surface area contributed by atoms with Crippen LogP contribution in [0.5, 0.6) is 0 Å². The third kappa shape index (κ3) is 5.14. The Morgan fingerprint density at radius 2 is 1.94 bits per heavy atom. The van der Waals surface area contributed by atoms with Gasteiger partial charge in [0, 0.05) is 17.7 Å². The second-order valence-corrected chi connectivity index (χ2v) is 9.18. The van der Waals surface area contributed by atoms with Gasteiger partial charge in [0.05, 0.1) is 5.02 Å². The first-order valence-corrected chi connectivity index (χ1v) is 11.5. The monoisotopic (exact) mass is 468 g/mol. The van der Waals surface area contributed by atoms with Crippen LogP contribution < -0.4 is 11.0 Å². The van der Waals surface area contributed by atoms with Crippen molar-refractivity contribution >= 4 is 17.5 Å². The summed E-state index contributed by atoms with van der Waals surface area (Å²) < 4.78 is 14.7. The number of carbonyl (C=O) groups excluding carboxylic acids is 1. The number of hydrogen-bond acceptors (Lipinski definition) is 4. The van der Waals surface area contributed by atoms with Crippen molar-refractivity contribution in [2.45, 2.75) is 57.7 Å². The summed E-state index contributed by atoms with van der Waals surface area (Å²) in [4.78, 5) is 35.8. The SMILES string of the molecule is CC(C)c1cccc(-c2nc(-c3cc(CNC(=O)C4(F)CCCC4)ccc3Cl)[nH]c(=O)n2)c1. The predicted molar refractivity (Wildman–Crippen MR) is 127 cm³/mol. The molecule has 4 rings (SSSR count). The van der Waals surface area contributed by atoms with E-state index in [2.05, 4.69) is 34.1 Å². The van der Waals surface area contributed by atoms with Gasteiger partial charge in [-0.3, -0.25) is 9.78 Å². The number of rotatable bonds is 6. The Morgan fingerprint density at radius 3 is 2.67 bits per heavy atom. The van der Waals surface area contributed by atoms with Gasteiger partial charge in [0.25, 0.3) is 5.91 Å². The summed E-state index contributed by atoms with van der Waals surface area (Å²) in [7, 11) is 0. The number of H-pyrrole nitrogens is 1. The molecule has 1 aromatic heterocycles. The van der Waals surface area contributed by atoms with Crippen LogP contribution in [0.4, 0.5) is 4.39 Å². The molecule has 0 radical (unpaired) electrons. The zero-order valence-electron chi connectivity index (χ0n) is 18.6. The van der Waals surface area contributed by atoms with E-state index < -0.39 is 17.3 Å². The Hall–Kier alpha value is -3.06. The maximum atomic E-state index is 14.7. The molecule has 0 bridgehead atoms. The average molecular weight is 469 g/mol. The van der Waals surface area contributed by atoms with Crippen LogP contribution in [0.1, 0.15) is 56.6 Å². The molecule has 6 nitrogen and oxygen atoms in total. The Labute approximate surface area is 196 Å². The van der Waals surface area contributed by atoms with E-state index in [1.807, 2.05) is 24.3 Å². The lowest BCUT2D eigenvalue weighted by Crippen LogP contribution is -2.40. The van der Waals surface area contributed by atoms with Gasteiger partial charge in [0.2, 0.25) is 0 Å². The van der Waals surface area contributed by atoms with Crippen LogP contribution >= 0.6 is 11.6 Å². The highest BCUT2D eigenvalue weighted by Gasteiger charge is 2.41. The van der Waals surface area contributed by atoms with Crippen LogP contribution in [0.2, 0.25) is 5.02 Å². The molecule has 0 unspecified atom stereocenters. The van der Waals surface area contributed by atoms with Gasteiger partial charge in [-0.2, -0.15) is 4.98 Å². The first-order valence-electron chi connectivity index (χ1n) is 11.1. The standard InChI is InChI=1S/C25H26ClFN4O2/c1-15(2)17-6-5-7-18(13-17)21-29-22(31-24(33)30-21)19-12-16(8-9-20(19)26)14-28-23(32)25(27)10-3-4-11-25/h5-9,12-13,15H,3-4,10-11,14H2,1-2H3,(H,28,32)(H,29,30,31,33). The largest absolute Gasteiger partial charge is 0.349 e. The van der Waals surface area contributed by atoms with Crippen molar-refractivity contribution in [3.63, 3.8) is 0 Å². The molecule has 2 aromatic carbocycles. The fourth-order valence-corrected chi connectivity index (χ4v) is 4.25. The maximum absolute atomic E-state index is 14.7. The lowest BCUT2D eigenvalue weighted by Gasteiger charge is -2.18. The first-order chi connectivity index (χ1) is 15.7. The summed E-state index contributed by atoms with van der Waals surface area (Å²) in [6.45, 7) is 4.32. The molecule has 1 aliphatic rings. The van der Waals surface area contributed by atoms with Crippen molar-refractivity contribution in [3.05, 3.63) is 69.1 Å². The highest BCUT2D eigenvalue weighted by molar-refractivity contribution is 6.33. The molecule has 0 saturated heterocycles. The Balaban J connectivity index is 1.62. The summed E-state index contributed by atoms with van der Waals surface area (Å²) in [6.07, 6.45) is 1.96. The summed E-state index contributed by atoms with van der Waals surface area (Å²) in [6, 6.07) is 12.9. The zero-order chi connectivity index (χ0) is 23.6. The van der Waals surface area contributed by atoms with E-state index in [9.17, 15) is 14.0 Å². The van der Waals surface area contributed by atoms with Crippen molar-refractivity contribution in [2.24, 2.45) is 0 Å². The highest BCUT2D eigenvalue weighted by Crippen LogP contribution is 2.34. The molecule has 1 saturated carbocycles. The Bertz CT molecular complexity index is 1240. The minimum atomic E-state index is -1.79. The summed E-state index contributed by atoms with van der Waals surface area (Å²) in [5.41, 5.74) is 0.735. The zero-order valence-corrected chi connectivity index (χ0v) is 19.4. The predicted octanol–water partition coefficient (Wildman–Crippen LogP) is 5.17. The van der Waals surface area contributed by atoms with Gasteiger partial charge < -0.3 is 5.32 Å². The highest BCUT2D eigenvalue weighted by atomic mass is 35.5. The van der Waals surface area contributed by atoms with Crippen molar-refractivity contribution < 1.29 is 9.18 Å². The van der Waals surface area contributed by atoms with Crippen LogP contribution in [-0.4, -0.2) is 26.5 Å². The van der Waals surface area contributed by atoms with Crippen LogP contribution in [0, 0.1) is 0 Å². The number of amides is 1. The topological polar surface area (TPSA) is 87.7 Å². The molecule has 3 aromatic rings. The Morgan fingerprint density at radius 1 is 1.18 bits per heavy atom. The second kappa shape index (κ2) is 9.43. The van der Waals surface area contributed by atoms with E-state index in [0.29, 0.717) is 27.9 Å². The lowest BCUT2D eigenvalue weighted by molar-refractivity contribution is -0.132. The van der Waals surface area contributed by atoms with Gasteiger partial charge in [-0.05, 0) is 60.9 Å². The molecule has 2 N–H and O–H groups in total. The molecule has 1 heterocycles. The first kappa shape index (κ1) is 23.1.